The number of carbonyl (C=O) groups is 1. The fourth-order valence-electron chi connectivity index (χ4n) is 1.92. The highest BCUT2D eigenvalue weighted by Gasteiger charge is 2.18. The molecule has 0 radical (unpaired) electrons. The van der Waals surface area contributed by atoms with E-state index in [0.717, 1.165) is 31.5 Å². The van der Waals surface area contributed by atoms with Gasteiger partial charge in [0, 0.05) is 25.2 Å². The van der Waals surface area contributed by atoms with Crippen molar-refractivity contribution in [2.24, 2.45) is 7.05 Å². The van der Waals surface area contributed by atoms with E-state index in [0.29, 0.717) is 0 Å². The smallest absolute Gasteiger partial charge is 0.254 e. The zero-order valence-electron chi connectivity index (χ0n) is 9.53. The van der Waals surface area contributed by atoms with Gasteiger partial charge in [0.05, 0.1) is 5.56 Å². The molecule has 2 heterocycles. The van der Waals surface area contributed by atoms with Crippen molar-refractivity contribution in [3.8, 4) is 0 Å². The van der Waals surface area contributed by atoms with Gasteiger partial charge in [-0.1, -0.05) is 0 Å². The first kappa shape index (κ1) is 13.4. The number of nitrogens with zero attached hydrogens (tertiary/aromatic N) is 2. The summed E-state index contributed by atoms with van der Waals surface area (Å²) in [5.74, 6) is 0.176. The van der Waals surface area contributed by atoms with E-state index in [9.17, 15) is 4.79 Å². The first-order valence-electron chi connectivity index (χ1n) is 5.52. The highest BCUT2D eigenvalue weighted by Crippen LogP contribution is 2.12. The molecule has 0 N–H and O–H groups in total. The molecule has 0 aromatic carbocycles. The SMILES string of the molecule is C[n+]1ccc(C(=O)N2CCCCC2)cc1.[I-]. The number of hydrogen-bond donors (Lipinski definition) is 0. The molecule has 0 spiro atoms. The zero-order valence-corrected chi connectivity index (χ0v) is 11.7. The normalized spacial score (nSPS) is 15.4. The molecule has 0 aliphatic carbocycles. The zero-order chi connectivity index (χ0) is 10.7. The minimum Gasteiger partial charge on any atom is -1.00 e. The molecule has 1 aliphatic heterocycles. The van der Waals surface area contributed by atoms with Crippen LogP contribution in [0.4, 0.5) is 0 Å². The number of amides is 1. The lowest BCUT2D eigenvalue weighted by atomic mass is 10.1. The third-order valence-electron chi connectivity index (χ3n) is 2.87. The van der Waals surface area contributed by atoms with E-state index in [2.05, 4.69) is 0 Å². The second-order valence-electron chi connectivity index (χ2n) is 4.11. The number of carbonyl (C=O) groups excluding carboxylic acids is 1. The maximum Gasteiger partial charge on any atom is 0.254 e. The fraction of sp³-hybridized carbons (Fsp3) is 0.500. The maximum absolute atomic E-state index is 12.0. The van der Waals surface area contributed by atoms with Gasteiger partial charge >= 0.3 is 0 Å². The molecule has 1 amide bonds. The van der Waals surface area contributed by atoms with Gasteiger partial charge in [-0.3, -0.25) is 4.79 Å². The largest absolute Gasteiger partial charge is 1.00 e. The summed E-state index contributed by atoms with van der Waals surface area (Å²) in [6.45, 7) is 1.83. The molecule has 0 saturated carbocycles. The summed E-state index contributed by atoms with van der Waals surface area (Å²) >= 11 is 0. The highest BCUT2D eigenvalue weighted by molar-refractivity contribution is 5.93. The van der Waals surface area contributed by atoms with Crippen molar-refractivity contribution in [3.05, 3.63) is 30.1 Å². The topological polar surface area (TPSA) is 24.2 Å². The van der Waals surface area contributed by atoms with Gasteiger partial charge in [0.25, 0.3) is 5.91 Å². The molecule has 1 saturated heterocycles. The maximum atomic E-state index is 12.0. The second-order valence-corrected chi connectivity index (χ2v) is 4.11. The number of rotatable bonds is 1. The van der Waals surface area contributed by atoms with Crippen LogP contribution in [0.1, 0.15) is 29.6 Å². The van der Waals surface area contributed by atoms with Gasteiger partial charge in [0.1, 0.15) is 7.05 Å². The van der Waals surface area contributed by atoms with Crippen LogP contribution >= 0.6 is 0 Å². The van der Waals surface area contributed by atoms with Crippen LogP contribution < -0.4 is 28.5 Å². The molecule has 2 rings (SSSR count). The highest BCUT2D eigenvalue weighted by atomic mass is 127. The standard InChI is InChI=1S/C12H17N2O.HI/c1-13-9-5-11(6-10-13)12(15)14-7-3-2-4-8-14;/h5-6,9-10H,2-4,7-8H2,1H3;1H/q+1;/p-1. The number of aromatic nitrogens is 1. The van der Waals surface area contributed by atoms with E-state index in [1.165, 1.54) is 6.42 Å². The first-order valence-corrected chi connectivity index (χ1v) is 5.52. The summed E-state index contributed by atoms with van der Waals surface area (Å²) < 4.78 is 1.94. The van der Waals surface area contributed by atoms with Crippen molar-refractivity contribution < 1.29 is 33.3 Å². The summed E-state index contributed by atoms with van der Waals surface area (Å²) in [4.78, 5) is 14.0. The van der Waals surface area contributed by atoms with E-state index >= 15 is 0 Å². The van der Waals surface area contributed by atoms with Crippen molar-refractivity contribution in [3.63, 3.8) is 0 Å². The van der Waals surface area contributed by atoms with Gasteiger partial charge in [-0.25, -0.2) is 4.57 Å². The van der Waals surface area contributed by atoms with Crippen molar-refractivity contribution in [2.75, 3.05) is 13.1 Å². The molecule has 4 heteroatoms. The minimum atomic E-state index is 0. The predicted molar refractivity (Wildman–Crippen MR) is 57.4 cm³/mol. The molecule has 3 nitrogen and oxygen atoms in total. The van der Waals surface area contributed by atoms with Gasteiger partial charge in [-0.15, -0.1) is 0 Å². The van der Waals surface area contributed by atoms with E-state index < -0.39 is 0 Å². The monoisotopic (exact) mass is 332 g/mol. The second kappa shape index (κ2) is 6.18. The molecule has 1 aromatic rings. The van der Waals surface area contributed by atoms with Gasteiger partial charge < -0.3 is 28.9 Å². The molecule has 0 bridgehead atoms. The third kappa shape index (κ3) is 3.17. The van der Waals surface area contributed by atoms with Crippen LogP contribution in [0.25, 0.3) is 0 Å². The molecule has 1 aromatic heterocycles. The van der Waals surface area contributed by atoms with Crippen LogP contribution in [-0.4, -0.2) is 23.9 Å². The summed E-state index contributed by atoms with van der Waals surface area (Å²) in [6.07, 6.45) is 7.38. The predicted octanol–water partition coefficient (Wildman–Crippen LogP) is -1.86. The van der Waals surface area contributed by atoms with Crippen LogP contribution in [-0.2, 0) is 7.05 Å². The summed E-state index contributed by atoms with van der Waals surface area (Å²) in [5.41, 5.74) is 0.801. The Balaban J connectivity index is 0.00000128. The molecule has 0 atom stereocenters. The number of aryl methyl sites for hydroxylation is 1. The molecule has 1 fully saturated rings. The number of hydrogen-bond acceptors (Lipinski definition) is 1. The minimum absolute atomic E-state index is 0. The van der Waals surface area contributed by atoms with Crippen molar-refractivity contribution in [2.45, 2.75) is 19.3 Å². The van der Waals surface area contributed by atoms with Crippen LogP contribution in [0, 0.1) is 0 Å². The van der Waals surface area contributed by atoms with E-state index in [4.69, 9.17) is 0 Å². The molecule has 1 aliphatic rings. The van der Waals surface area contributed by atoms with Crippen molar-refractivity contribution in [1.29, 1.82) is 0 Å². The Bertz CT molecular complexity index is 345. The van der Waals surface area contributed by atoms with Gasteiger partial charge in [0.15, 0.2) is 12.4 Å². The molecular weight excluding hydrogens is 315 g/mol. The van der Waals surface area contributed by atoms with Gasteiger partial charge in [-0.2, -0.15) is 0 Å². The summed E-state index contributed by atoms with van der Waals surface area (Å²) in [5, 5.41) is 0. The Hall–Kier alpha value is -0.650. The Morgan fingerprint density at radius 1 is 1.19 bits per heavy atom. The quantitative estimate of drug-likeness (QED) is 0.437. The average molecular weight is 332 g/mol. The van der Waals surface area contributed by atoms with Crippen LogP contribution in [0.5, 0.6) is 0 Å². The Morgan fingerprint density at radius 3 is 2.31 bits per heavy atom. The summed E-state index contributed by atoms with van der Waals surface area (Å²) in [6, 6.07) is 3.77. The van der Waals surface area contributed by atoms with Gasteiger partial charge in [-0.05, 0) is 19.3 Å². The van der Waals surface area contributed by atoms with Crippen LogP contribution in [0.3, 0.4) is 0 Å². The lowest BCUT2D eigenvalue weighted by Crippen LogP contribution is -3.00. The number of likely N-dealkylation sites (tertiary alicyclic amines) is 1. The number of pyridine rings is 1. The number of piperidine rings is 1. The Labute approximate surface area is 113 Å². The van der Waals surface area contributed by atoms with E-state index in [1.807, 2.05) is 41.0 Å². The van der Waals surface area contributed by atoms with E-state index in [1.54, 1.807) is 0 Å². The van der Waals surface area contributed by atoms with Crippen molar-refractivity contribution in [1.82, 2.24) is 4.90 Å². The molecule has 16 heavy (non-hydrogen) atoms. The molecule has 0 unspecified atom stereocenters. The third-order valence-corrected chi connectivity index (χ3v) is 2.87. The Morgan fingerprint density at radius 2 is 1.75 bits per heavy atom. The lowest BCUT2D eigenvalue weighted by Gasteiger charge is -2.26. The first-order chi connectivity index (χ1) is 7.27. The number of halogens is 1. The molecule has 88 valence electrons. The fourth-order valence-corrected chi connectivity index (χ4v) is 1.92. The van der Waals surface area contributed by atoms with E-state index in [-0.39, 0.29) is 29.9 Å². The van der Waals surface area contributed by atoms with Crippen molar-refractivity contribution >= 4 is 5.91 Å². The lowest BCUT2D eigenvalue weighted by molar-refractivity contribution is -0.671. The molecular formula is C12H17IN2O. The van der Waals surface area contributed by atoms with Gasteiger partial charge in [0.2, 0.25) is 0 Å². The summed E-state index contributed by atoms with van der Waals surface area (Å²) in [7, 11) is 1.95. The average Bonchev–Trinajstić information content (AvgIpc) is 2.30. The van der Waals surface area contributed by atoms with Crippen LogP contribution in [0.15, 0.2) is 24.5 Å². The van der Waals surface area contributed by atoms with Crippen LogP contribution in [0.2, 0.25) is 0 Å². The Kier molecular flexibility index (Phi) is 5.18.